The van der Waals surface area contributed by atoms with Gasteiger partial charge in [-0.2, -0.15) is 4.39 Å². The molecule has 0 amide bonds. The van der Waals surface area contributed by atoms with Crippen molar-refractivity contribution in [2.24, 2.45) is 0 Å². The molecule has 0 fully saturated rings. The molecule has 1 aromatic rings. The lowest BCUT2D eigenvalue weighted by Crippen LogP contribution is -2.16. The molecule has 1 aromatic heterocycles. The van der Waals surface area contributed by atoms with Crippen LogP contribution in [0.1, 0.15) is 39.2 Å². The average molecular weight is 181 g/mol. The van der Waals surface area contributed by atoms with Gasteiger partial charge in [0.1, 0.15) is 0 Å². The fraction of sp³-hybridized carbons (Fsp3) is 0.545. The molecule has 0 bridgehead atoms. The zero-order chi connectivity index (χ0) is 9.90. The second kappa shape index (κ2) is 3.86. The first-order valence-corrected chi connectivity index (χ1v) is 4.68. The monoisotopic (exact) mass is 181 g/mol. The fourth-order valence-electron chi connectivity index (χ4n) is 1.59. The van der Waals surface area contributed by atoms with E-state index >= 15 is 0 Å². The summed E-state index contributed by atoms with van der Waals surface area (Å²) >= 11 is 0. The number of hydrogen-bond acceptors (Lipinski definition) is 1. The summed E-state index contributed by atoms with van der Waals surface area (Å²) in [7, 11) is 0. The minimum Gasteiger partial charge on any atom is -0.228 e. The Labute approximate surface area is 79.0 Å². The molecule has 2 heteroatoms. The van der Waals surface area contributed by atoms with Gasteiger partial charge in [-0.25, -0.2) is 4.98 Å². The molecule has 0 aromatic carbocycles. The molecular weight excluding hydrogens is 165 g/mol. The molecule has 13 heavy (non-hydrogen) atoms. The standard InChI is InChI=1S/C11H16FN/c1-4-6-11(2,3)9-5-7-13-10(12)8-9/h5,7-8H,4,6H2,1-3H3. The highest BCUT2D eigenvalue weighted by Crippen LogP contribution is 2.27. The number of aromatic nitrogens is 1. The second-order valence-electron chi connectivity index (χ2n) is 4.00. The van der Waals surface area contributed by atoms with Gasteiger partial charge in [0.15, 0.2) is 0 Å². The van der Waals surface area contributed by atoms with Crippen molar-refractivity contribution >= 4 is 0 Å². The van der Waals surface area contributed by atoms with E-state index in [2.05, 4.69) is 25.8 Å². The minimum absolute atomic E-state index is 0.0541. The molecule has 0 unspecified atom stereocenters. The van der Waals surface area contributed by atoms with Crippen LogP contribution in [-0.2, 0) is 5.41 Å². The van der Waals surface area contributed by atoms with Crippen molar-refractivity contribution in [2.45, 2.75) is 39.0 Å². The van der Waals surface area contributed by atoms with E-state index < -0.39 is 0 Å². The number of pyridine rings is 1. The lowest BCUT2D eigenvalue weighted by molar-refractivity contribution is 0.466. The number of nitrogens with zero attached hydrogens (tertiary/aromatic N) is 1. The molecule has 0 saturated heterocycles. The van der Waals surface area contributed by atoms with Crippen molar-refractivity contribution in [3.8, 4) is 0 Å². The Hall–Kier alpha value is -0.920. The van der Waals surface area contributed by atoms with E-state index in [1.165, 1.54) is 12.3 Å². The summed E-state index contributed by atoms with van der Waals surface area (Å²) in [6.07, 6.45) is 3.70. The molecular formula is C11H16FN. The molecule has 0 aliphatic heterocycles. The van der Waals surface area contributed by atoms with Gasteiger partial charge in [-0.05, 0) is 29.5 Å². The lowest BCUT2D eigenvalue weighted by atomic mass is 9.81. The van der Waals surface area contributed by atoms with Crippen molar-refractivity contribution in [1.29, 1.82) is 0 Å². The van der Waals surface area contributed by atoms with Crippen LogP contribution in [0.4, 0.5) is 4.39 Å². The van der Waals surface area contributed by atoms with Gasteiger partial charge in [-0.3, -0.25) is 0 Å². The van der Waals surface area contributed by atoms with Gasteiger partial charge in [0, 0.05) is 6.20 Å². The SMILES string of the molecule is CCCC(C)(C)c1ccnc(F)c1. The molecule has 1 nitrogen and oxygen atoms in total. The molecule has 0 aliphatic carbocycles. The van der Waals surface area contributed by atoms with Gasteiger partial charge >= 0.3 is 0 Å². The first kappa shape index (κ1) is 10.2. The van der Waals surface area contributed by atoms with Gasteiger partial charge in [-0.1, -0.05) is 27.2 Å². The summed E-state index contributed by atoms with van der Waals surface area (Å²) in [5.74, 6) is -0.387. The van der Waals surface area contributed by atoms with Crippen LogP contribution in [0.25, 0.3) is 0 Å². The maximum Gasteiger partial charge on any atom is 0.213 e. The van der Waals surface area contributed by atoms with E-state index in [9.17, 15) is 4.39 Å². The van der Waals surface area contributed by atoms with Crippen molar-refractivity contribution in [3.63, 3.8) is 0 Å². The molecule has 0 N–H and O–H groups in total. The van der Waals surface area contributed by atoms with Gasteiger partial charge in [0.25, 0.3) is 0 Å². The summed E-state index contributed by atoms with van der Waals surface area (Å²) in [6.45, 7) is 6.40. The molecule has 0 aliphatic rings. The highest BCUT2D eigenvalue weighted by atomic mass is 19.1. The summed E-state index contributed by atoms with van der Waals surface area (Å²) in [4.78, 5) is 3.55. The smallest absolute Gasteiger partial charge is 0.213 e. The van der Waals surface area contributed by atoms with Crippen LogP contribution in [0.5, 0.6) is 0 Å². The second-order valence-corrected chi connectivity index (χ2v) is 4.00. The molecule has 72 valence electrons. The van der Waals surface area contributed by atoms with E-state index in [0.29, 0.717) is 0 Å². The van der Waals surface area contributed by atoms with Crippen molar-refractivity contribution < 1.29 is 4.39 Å². The van der Waals surface area contributed by atoms with Crippen molar-refractivity contribution in [3.05, 3.63) is 29.8 Å². The Morgan fingerprint density at radius 3 is 2.69 bits per heavy atom. The molecule has 0 saturated carbocycles. The molecule has 0 spiro atoms. The highest BCUT2D eigenvalue weighted by Gasteiger charge is 2.19. The Morgan fingerprint density at radius 2 is 2.15 bits per heavy atom. The number of rotatable bonds is 3. The van der Waals surface area contributed by atoms with Crippen LogP contribution in [0.3, 0.4) is 0 Å². The van der Waals surface area contributed by atoms with Crippen LogP contribution < -0.4 is 0 Å². The zero-order valence-electron chi connectivity index (χ0n) is 8.47. The largest absolute Gasteiger partial charge is 0.228 e. The van der Waals surface area contributed by atoms with Crippen LogP contribution in [0.15, 0.2) is 18.3 Å². The number of halogens is 1. The normalized spacial score (nSPS) is 11.7. The quantitative estimate of drug-likeness (QED) is 0.652. The highest BCUT2D eigenvalue weighted by molar-refractivity contribution is 5.20. The van der Waals surface area contributed by atoms with Gasteiger partial charge in [0.05, 0.1) is 0 Å². The van der Waals surface area contributed by atoms with E-state index in [-0.39, 0.29) is 11.4 Å². The predicted octanol–water partition coefficient (Wildman–Crippen LogP) is 3.30. The van der Waals surface area contributed by atoms with Crippen LogP contribution in [-0.4, -0.2) is 4.98 Å². The fourth-order valence-corrected chi connectivity index (χ4v) is 1.59. The predicted molar refractivity (Wildman–Crippen MR) is 52.1 cm³/mol. The van der Waals surface area contributed by atoms with Gasteiger partial charge in [-0.15, -0.1) is 0 Å². The third-order valence-corrected chi connectivity index (χ3v) is 2.38. The zero-order valence-corrected chi connectivity index (χ0v) is 8.47. The maximum absolute atomic E-state index is 12.8. The Morgan fingerprint density at radius 1 is 1.46 bits per heavy atom. The van der Waals surface area contributed by atoms with Crippen LogP contribution in [0, 0.1) is 5.95 Å². The van der Waals surface area contributed by atoms with E-state index in [0.717, 1.165) is 18.4 Å². The lowest BCUT2D eigenvalue weighted by Gasteiger charge is -2.24. The first-order chi connectivity index (χ1) is 6.06. The van der Waals surface area contributed by atoms with Gasteiger partial charge < -0.3 is 0 Å². The van der Waals surface area contributed by atoms with Crippen LogP contribution in [0.2, 0.25) is 0 Å². The molecule has 0 radical (unpaired) electrons. The Balaban J connectivity index is 2.93. The van der Waals surface area contributed by atoms with Crippen molar-refractivity contribution in [1.82, 2.24) is 4.98 Å². The third kappa shape index (κ3) is 2.51. The van der Waals surface area contributed by atoms with E-state index in [1.54, 1.807) is 0 Å². The molecule has 1 rings (SSSR count). The Bertz CT molecular complexity index is 281. The van der Waals surface area contributed by atoms with Crippen LogP contribution >= 0.6 is 0 Å². The number of hydrogen-bond donors (Lipinski definition) is 0. The summed E-state index contributed by atoms with van der Waals surface area (Å²) in [5, 5.41) is 0. The summed E-state index contributed by atoms with van der Waals surface area (Å²) in [6, 6.07) is 3.41. The Kier molecular flexibility index (Phi) is 3.02. The van der Waals surface area contributed by atoms with Crippen molar-refractivity contribution in [2.75, 3.05) is 0 Å². The minimum atomic E-state index is -0.387. The first-order valence-electron chi connectivity index (χ1n) is 4.68. The van der Waals surface area contributed by atoms with Gasteiger partial charge in [0.2, 0.25) is 5.95 Å². The maximum atomic E-state index is 12.8. The summed E-state index contributed by atoms with van der Waals surface area (Å²) in [5.41, 5.74) is 1.08. The van der Waals surface area contributed by atoms with E-state index in [4.69, 9.17) is 0 Å². The third-order valence-electron chi connectivity index (χ3n) is 2.38. The van der Waals surface area contributed by atoms with E-state index in [1.807, 2.05) is 6.07 Å². The molecule has 1 heterocycles. The summed E-state index contributed by atoms with van der Waals surface area (Å²) < 4.78 is 12.8. The topological polar surface area (TPSA) is 12.9 Å². The average Bonchev–Trinajstić information content (AvgIpc) is 2.04. The molecule has 0 atom stereocenters.